The van der Waals surface area contributed by atoms with E-state index in [1.165, 1.54) is 6.42 Å². The number of halogens is 1. The Hall–Kier alpha value is -1.54. The Bertz CT molecular complexity index is 699. The summed E-state index contributed by atoms with van der Waals surface area (Å²) in [7, 11) is 0. The smallest absolute Gasteiger partial charge is 0.313 e. The van der Waals surface area contributed by atoms with Crippen LogP contribution in [0.15, 0.2) is 11.2 Å². The highest BCUT2D eigenvalue weighted by molar-refractivity contribution is 7.99. The van der Waals surface area contributed by atoms with E-state index >= 15 is 0 Å². The number of carboxylic acid groups (broad SMARTS) is 1. The second kappa shape index (κ2) is 9.10. The Morgan fingerprint density at radius 3 is 2.67 bits per heavy atom. The van der Waals surface area contributed by atoms with Crippen LogP contribution in [0.1, 0.15) is 39.0 Å². The predicted molar refractivity (Wildman–Crippen MR) is 105 cm³/mol. The van der Waals surface area contributed by atoms with Crippen molar-refractivity contribution in [1.82, 2.24) is 14.9 Å². The zero-order valence-electron chi connectivity index (χ0n) is 15.4. The number of piperazine rings is 1. The van der Waals surface area contributed by atoms with E-state index in [1.54, 1.807) is 6.07 Å². The van der Waals surface area contributed by atoms with E-state index in [0.29, 0.717) is 41.7 Å². The summed E-state index contributed by atoms with van der Waals surface area (Å²) in [6.45, 7) is 4.08. The van der Waals surface area contributed by atoms with Gasteiger partial charge in [0.05, 0.1) is 5.75 Å². The molecule has 0 aromatic carbocycles. The third-order valence-corrected chi connectivity index (χ3v) is 6.20. The Morgan fingerprint density at radius 2 is 2.00 bits per heavy atom. The minimum atomic E-state index is -0.923. The van der Waals surface area contributed by atoms with E-state index in [1.807, 2.05) is 4.90 Å². The van der Waals surface area contributed by atoms with Crippen molar-refractivity contribution >= 4 is 41.1 Å². The van der Waals surface area contributed by atoms with Gasteiger partial charge >= 0.3 is 5.97 Å². The van der Waals surface area contributed by atoms with Crippen molar-refractivity contribution in [1.29, 1.82) is 0 Å². The number of aliphatic carboxylic acids is 1. The molecule has 2 fully saturated rings. The second-order valence-electron chi connectivity index (χ2n) is 7.18. The number of carboxylic acids is 1. The summed E-state index contributed by atoms with van der Waals surface area (Å²) < 4.78 is 0. The third-order valence-electron chi connectivity index (χ3n) is 5.17. The minimum absolute atomic E-state index is 0.0945. The molecule has 1 atom stereocenters. The van der Waals surface area contributed by atoms with E-state index in [-0.39, 0.29) is 17.7 Å². The molecule has 1 N–H and O–H groups in total. The summed E-state index contributed by atoms with van der Waals surface area (Å²) in [4.78, 5) is 36.3. The van der Waals surface area contributed by atoms with Gasteiger partial charge in [0.25, 0.3) is 0 Å². The molecule has 1 aromatic heterocycles. The largest absolute Gasteiger partial charge is 0.481 e. The number of nitrogens with zero attached hydrogens (tertiary/aromatic N) is 4. The van der Waals surface area contributed by atoms with E-state index < -0.39 is 5.97 Å². The molecule has 0 bridgehead atoms. The summed E-state index contributed by atoms with van der Waals surface area (Å²) >= 11 is 7.15. The van der Waals surface area contributed by atoms with Crippen LogP contribution in [0.3, 0.4) is 0 Å². The lowest BCUT2D eigenvalue weighted by molar-refractivity contribution is -0.139. The van der Waals surface area contributed by atoms with Crippen LogP contribution in [-0.4, -0.2) is 63.3 Å². The molecular formula is C18H25ClN4O3S. The lowest BCUT2D eigenvalue weighted by Gasteiger charge is -2.42. The number of hydrogen-bond donors (Lipinski definition) is 1. The fourth-order valence-electron chi connectivity index (χ4n) is 3.82. The Labute approximate surface area is 168 Å². The van der Waals surface area contributed by atoms with Crippen molar-refractivity contribution in [2.75, 3.05) is 30.3 Å². The first kappa shape index (κ1) is 20.2. The van der Waals surface area contributed by atoms with Gasteiger partial charge < -0.3 is 14.9 Å². The molecule has 148 valence electrons. The maximum Gasteiger partial charge on any atom is 0.313 e. The van der Waals surface area contributed by atoms with Gasteiger partial charge in [0.15, 0.2) is 5.16 Å². The number of hydrogen-bond acceptors (Lipinski definition) is 6. The molecule has 1 unspecified atom stereocenters. The average Bonchev–Trinajstić information content (AvgIpc) is 2.66. The fraction of sp³-hybridized carbons (Fsp3) is 0.667. The van der Waals surface area contributed by atoms with Crippen molar-refractivity contribution < 1.29 is 14.7 Å². The highest BCUT2D eigenvalue weighted by Crippen LogP contribution is 2.28. The monoisotopic (exact) mass is 412 g/mol. The van der Waals surface area contributed by atoms with E-state index in [4.69, 9.17) is 16.7 Å². The van der Waals surface area contributed by atoms with Gasteiger partial charge in [-0.15, -0.1) is 0 Å². The van der Waals surface area contributed by atoms with Gasteiger partial charge in [-0.25, -0.2) is 9.97 Å². The zero-order chi connectivity index (χ0) is 19.4. The van der Waals surface area contributed by atoms with Crippen LogP contribution in [-0.2, 0) is 9.59 Å². The molecule has 2 aliphatic rings. The SMILES string of the molecule is CC1CN(c2cc(Cl)nc(SCC(=O)O)n2)CCN1C(=O)C1CCCCC1. The Balaban J connectivity index is 1.65. The standard InChI is InChI=1S/C18H25ClN4O3S/c1-12-10-22(7-8-23(12)17(26)13-5-3-2-4-6-13)15-9-14(19)20-18(21-15)27-11-16(24)25/h9,12-13H,2-8,10-11H2,1H3,(H,24,25). The van der Waals surface area contributed by atoms with Gasteiger partial charge in [-0.05, 0) is 19.8 Å². The van der Waals surface area contributed by atoms with Crippen LogP contribution in [0.5, 0.6) is 0 Å². The van der Waals surface area contributed by atoms with Crippen molar-refractivity contribution in [3.8, 4) is 0 Å². The first-order valence-corrected chi connectivity index (χ1v) is 10.7. The molecule has 9 heteroatoms. The van der Waals surface area contributed by atoms with Crippen molar-refractivity contribution in [2.24, 2.45) is 5.92 Å². The maximum absolute atomic E-state index is 12.9. The van der Waals surface area contributed by atoms with Crippen LogP contribution in [0.4, 0.5) is 5.82 Å². The summed E-state index contributed by atoms with van der Waals surface area (Å²) in [5.74, 6) is 0.119. The van der Waals surface area contributed by atoms with Gasteiger partial charge in [0.2, 0.25) is 5.91 Å². The highest BCUT2D eigenvalue weighted by atomic mass is 35.5. The Morgan fingerprint density at radius 1 is 1.26 bits per heavy atom. The van der Waals surface area contributed by atoms with E-state index in [0.717, 1.165) is 37.4 Å². The lowest BCUT2D eigenvalue weighted by Crippen LogP contribution is -2.55. The molecular weight excluding hydrogens is 388 g/mol. The number of anilines is 1. The molecule has 1 saturated heterocycles. The fourth-order valence-corrected chi connectivity index (χ4v) is 4.62. The minimum Gasteiger partial charge on any atom is -0.481 e. The molecule has 1 saturated carbocycles. The molecule has 2 heterocycles. The first-order chi connectivity index (χ1) is 12.9. The van der Waals surface area contributed by atoms with Crippen LogP contribution in [0.2, 0.25) is 5.15 Å². The topological polar surface area (TPSA) is 86.6 Å². The van der Waals surface area contributed by atoms with Crippen molar-refractivity contribution in [2.45, 2.75) is 50.2 Å². The molecule has 1 aliphatic carbocycles. The second-order valence-corrected chi connectivity index (χ2v) is 8.51. The van der Waals surface area contributed by atoms with Crippen molar-refractivity contribution in [3.63, 3.8) is 0 Å². The summed E-state index contributed by atoms with van der Waals surface area (Å²) in [5, 5.41) is 9.48. The van der Waals surface area contributed by atoms with E-state index in [9.17, 15) is 9.59 Å². The number of amides is 1. The Kier molecular flexibility index (Phi) is 6.81. The first-order valence-electron chi connectivity index (χ1n) is 9.38. The molecule has 1 aromatic rings. The maximum atomic E-state index is 12.9. The van der Waals surface area contributed by atoms with E-state index in [2.05, 4.69) is 21.8 Å². The molecule has 3 rings (SSSR count). The number of carbonyl (C=O) groups is 2. The van der Waals surface area contributed by atoms with Gasteiger partial charge in [0.1, 0.15) is 11.0 Å². The van der Waals surface area contributed by atoms with Crippen LogP contribution in [0, 0.1) is 5.92 Å². The molecule has 1 amide bonds. The quantitative estimate of drug-likeness (QED) is 0.452. The van der Waals surface area contributed by atoms with Gasteiger partial charge in [-0.3, -0.25) is 9.59 Å². The predicted octanol–water partition coefficient (Wildman–Crippen LogP) is 2.92. The number of thioether (sulfide) groups is 1. The summed E-state index contributed by atoms with van der Waals surface area (Å²) in [5.41, 5.74) is 0. The zero-order valence-corrected chi connectivity index (χ0v) is 17.0. The highest BCUT2D eigenvalue weighted by Gasteiger charge is 2.33. The molecule has 0 spiro atoms. The van der Waals surface area contributed by atoms with Gasteiger partial charge in [0, 0.05) is 37.7 Å². The van der Waals surface area contributed by atoms with Crippen molar-refractivity contribution in [3.05, 3.63) is 11.2 Å². The summed E-state index contributed by atoms with van der Waals surface area (Å²) in [6.07, 6.45) is 5.57. The average molecular weight is 413 g/mol. The van der Waals surface area contributed by atoms with Crippen LogP contribution < -0.4 is 4.90 Å². The normalized spacial score (nSPS) is 21.3. The third kappa shape index (κ3) is 5.25. The summed E-state index contributed by atoms with van der Waals surface area (Å²) in [6, 6.07) is 1.79. The lowest BCUT2D eigenvalue weighted by atomic mass is 9.88. The van der Waals surface area contributed by atoms with Crippen LogP contribution >= 0.6 is 23.4 Å². The van der Waals surface area contributed by atoms with Gasteiger partial charge in [-0.2, -0.15) is 0 Å². The molecule has 0 radical (unpaired) electrons. The van der Waals surface area contributed by atoms with Gasteiger partial charge in [-0.1, -0.05) is 42.6 Å². The van der Waals surface area contributed by atoms with Crippen LogP contribution in [0.25, 0.3) is 0 Å². The number of rotatable bonds is 5. The molecule has 7 nitrogen and oxygen atoms in total. The molecule has 1 aliphatic heterocycles. The molecule has 27 heavy (non-hydrogen) atoms. The number of carbonyl (C=O) groups excluding carboxylic acids is 1. The number of aromatic nitrogens is 2.